The molecule has 1 spiro atoms. The third-order valence-corrected chi connectivity index (χ3v) is 6.85. The van der Waals surface area contributed by atoms with Crippen molar-refractivity contribution in [2.75, 3.05) is 26.7 Å². The molecule has 2 aromatic carbocycles. The predicted octanol–water partition coefficient (Wildman–Crippen LogP) is 1.39. The molecule has 2 amide bonds. The zero-order valence-electron chi connectivity index (χ0n) is 17.9. The van der Waals surface area contributed by atoms with Gasteiger partial charge in [-0.2, -0.15) is 0 Å². The number of imide groups is 1. The summed E-state index contributed by atoms with van der Waals surface area (Å²) in [4.78, 5) is 32.0. The van der Waals surface area contributed by atoms with Crippen LogP contribution in [0.1, 0.15) is 17.5 Å². The van der Waals surface area contributed by atoms with Crippen LogP contribution in [0.15, 0.2) is 48.5 Å². The minimum Gasteiger partial charge on any atom is -0.497 e. The molecule has 3 fully saturated rings. The molecule has 0 saturated carbocycles. The normalized spacial score (nSPS) is 25.2. The number of aliphatic hydroxyl groups excluding tert-OH is 1. The molecule has 3 aliphatic heterocycles. The first-order chi connectivity index (χ1) is 15.4. The van der Waals surface area contributed by atoms with Crippen molar-refractivity contribution in [3.63, 3.8) is 0 Å². The van der Waals surface area contributed by atoms with Gasteiger partial charge in [0.1, 0.15) is 17.1 Å². The molecule has 3 heterocycles. The quantitative estimate of drug-likeness (QED) is 0.710. The molecule has 3 aliphatic rings. The van der Waals surface area contributed by atoms with E-state index < -0.39 is 23.5 Å². The summed E-state index contributed by atoms with van der Waals surface area (Å²) in [5.41, 5.74) is 0.542. The number of likely N-dealkylation sites (tertiary alicyclic amines) is 1. The number of carbonyl (C=O) groups excluding carboxylic acids is 2. The maximum Gasteiger partial charge on any atom is 0.252 e. The number of β-amino-alcohol motifs (C(OH)–C–C–N with tert-alkyl or cyclic N) is 1. The second-order valence-corrected chi connectivity index (χ2v) is 8.90. The van der Waals surface area contributed by atoms with E-state index in [0.717, 1.165) is 11.3 Å². The molecule has 0 bridgehead atoms. The summed E-state index contributed by atoms with van der Waals surface area (Å²) in [7, 11) is 1.62. The first-order valence-corrected chi connectivity index (χ1v) is 10.8. The van der Waals surface area contributed by atoms with Crippen molar-refractivity contribution in [3.05, 3.63) is 65.5 Å². The lowest BCUT2D eigenvalue weighted by Gasteiger charge is -2.58. The molecule has 7 nitrogen and oxygen atoms in total. The molecule has 32 heavy (non-hydrogen) atoms. The molecular formula is C24H26FN3O4. The highest BCUT2D eigenvalue weighted by molar-refractivity contribution is 6.06. The summed E-state index contributed by atoms with van der Waals surface area (Å²) in [6.45, 7) is 1.79. The van der Waals surface area contributed by atoms with Crippen molar-refractivity contribution >= 4 is 11.8 Å². The highest BCUT2D eigenvalue weighted by atomic mass is 19.1. The second kappa shape index (κ2) is 7.95. The number of rotatable bonds is 5. The molecule has 1 N–H and O–H groups in total. The Hall–Kier alpha value is -2.81. The Balaban J connectivity index is 1.37. The van der Waals surface area contributed by atoms with Crippen LogP contribution in [0.5, 0.6) is 5.75 Å². The Morgan fingerprint density at radius 2 is 1.81 bits per heavy atom. The molecule has 2 atom stereocenters. The fourth-order valence-electron chi connectivity index (χ4n) is 5.23. The molecule has 5 rings (SSSR count). The standard InChI is InChI=1S/C24H26FN3O4/c1-32-19-8-6-16(7-9-19)11-26-14-24(15-26)23(31)27(12-17-4-2-3-5-20(17)25)22(30)21-10-18(29)13-28(21)24/h2-9,18,21,29H,10-15H2,1H3. The van der Waals surface area contributed by atoms with Crippen molar-refractivity contribution in [3.8, 4) is 5.75 Å². The summed E-state index contributed by atoms with van der Waals surface area (Å²) in [5.74, 6) is -0.311. The molecule has 0 aliphatic carbocycles. The van der Waals surface area contributed by atoms with Gasteiger partial charge in [0.15, 0.2) is 0 Å². The van der Waals surface area contributed by atoms with Crippen molar-refractivity contribution in [2.24, 2.45) is 0 Å². The molecule has 0 radical (unpaired) electrons. The lowest BCUT2D eigenvalue weighted by atomic mass is 9.82. The predicted molar refractivity (Wildman–Crippen MR) is 114 cm³/mol. The second-order valence-electron chi connectivity index (χ2n) is 8.90. The maximum atomic E-state index is 14.3. The van der Waals surface area contributed by atoms with E-state index in [1.165, 1.54) is 11.0 Å². The minimum absolute atomic E-state index is 0.0923. The van der Waals surface area contributed by atoms with Crippen molar-refractivity contribution in [2.45, 2.75) is 37.2 Å². The Kier molecular flexibility index (Phi) is 5.23. The van der Waals surface area contributed by atoms with Crippen LogP contribution in [-0.4, -0.2) is 76.0 Å². The molecule has 2 unspecified atom stereocenters. The first kappa shape index (κ1) is 21.1. The maximum absolute atomic E-state index is 14.3. The number of halogens is 1. The Morgan fingerprint density at radius 1 is 1.09 bits per heavy atom. The number of methoxy groups -OCH3 is 1. The number of hydrogen-bond donors (Lipinski definition) is 1. The van der Waals surface area contributed by atoms with Gasteiger partial charge >= 0.3 is 0 Å². The number of ether oxygens (including phenoxy) is 1. The topological polar surface area (TPSA) is 73.3 Å². The van der Waals surface area contributed by atoms with E-state index >= 15 is 0 Å². The third-order valence-electron chi connectivity index (χ3n) is 6.85. The van der Waals surface area contributed by atoms with Crippen LogP contribution in [0, 0.1) is 5.82 Å². The van der Waals surface area contributed by atoms with E-state index in [0.29, 0.717) is 38.2 Å². The number of aliphatic hydroxyl groups is 1. The smallest absolute Gasteiger partial charge is 0.252 e. The molecule has 8 heteroatoms. The van der Waals surface area contributed by atoms with Crippen LogP contribution in [0.25, 0.3) is 0 Å². The molecule has 168 valence electrons. The van der Waals surface area contributed by atoms with E-state index in [1.54, 1.807) is 25.3 Å². The number of piperazine rings is 1. The molecule has 0 aromatic heterocycles. The van der Waals surface area contributed by atoms with Crippen LogP contribution >= 0.6 is 0 Å². The fraction of sp³-hybridized carbons (Fsp3) is 0.417. The van der Waals surface area contributed by atoms with Gasteiger partial charge in [-0.05, 0) is 30.2 Å². The van der Waals surface area contributed by atoms with Gasteiger partial charge in [0.2, 0.25) is 5.91 Å². The van der Waals surface area contributed by atoms with Gasteiger partial charge in [-0.15, -0.1) is 0 Å². The van der Waals surface area contributed by atoms with Gasteiger partial charge in [-0.3, -0.25) is 24.3 Å². The number of amides is 2. The van der Waals surface area contributed by atoms with Crippen LogP contribution in [0.4, 0.5) is 4.39 Å². The molecular weight excluding hydrogens is 413 g/mol. The fourth-order valence-corrected chi connectivity index (χ4v) is 5.23. The monoisotopic (exact) mass is 439 g/mol. The Morgan fingerprint density at radius 3 is 2.50 bits per heavy atom. The Bertz CT molecular complexity index is 1040. The van der Waals surface area contributed by atoms with Gasteiger partial charge < -0.3 is 9.84 Å². The van der Waals surface area contributed by atoms with Crippen molar-refractivity contribution in [1.82, 2.24) is 14.7 Å². The Labute approximate surface area is 186 Å². The van der Waals surface area contributed by atoms with Gasteiger partial charge in [-0.25, -0.2) is 4.39 Å². The SMILES string of the molecule is COc1ccc(CN2CC3(C2)C(=O)N(Cc2ccccc2F)C(=O)C2CC(O)CN23)cc1. The lowest BCUT2D eigenvalue weighted by Crippen LogP contribution is -2.81. The summed E-state index contributed by atoms with van der Waals surface area (Å²) in [6.07, 6.45) is -0.363. The lowest BCUT2D eigenvalue weighted by molar-refractivity contribution is -0.181. The summed E-state index contributed by atoms with van der Waals surface area (Å²) in [6, 6.07) is 13.4. The number of carbonyl (C=O) groups is 2. The van der Waals surface area contributed by atoms with Crippen LogP contribution in [0.3, 0.4) is 0 Å². The summed E-state index contributed by atoms with van der Waals surface area (Å²) in [5, 5.41) is 10.3. The van der Waals surface area contributed by atoms with E-state index in [-0.39, 0.29) is 18.4 Å². The number of fused-ring (bicyclic) bond motifs is 2. The average Bonchev–Trinajstić information content (AvgIpc) is 3.16. The van der Waals surface area contributed by atoms with E-state index in [2.05, 4.69) is 4.90 Å². The van der Waals surface area contributed by atoms with Crippen LogP contribution < -0.4 is 4.74 Å². The van der Waals surface area contributed by atoms with E-state index in [9.17, 15) is 19.1 Å². The number of benzene rings is 2. The van der Waals surface area contributed by atoms with Crippen LogP contribution in [-0.2, 0) is 22.7 Å². The number of hydrogen-bond acceptors (Lipinski definition) is 6. The van der Waals surface area contributed by atoms with E-state index in [1.807, 2.05) is 29.2 Å². The zero-order chi connectivity index (χ0) is 22.5. The first-order valence-electron chi connectivity index (χ1n) is 10.8. The van der Waals surface area contributed by atoms with Crippen molar-refractivity contribution in [1.29, 1.82) is 0 Å². The highest BCUT2D eigenvalue weighted by Gasteiger charge is 2.64. The van der Waals surface area contributed by atoms with Gasteiger partial charge in [-0.1, -0.05) is 30.3 Å². The van der Waals surface area contributed by atoms with Gasteiger partial charge in [0.25, 0.3) is 5.91 Å². The average molecular weight is 439 g/mol. The van der Waals surface area contributed by atoms with Gasteiger partial charge in [0, 0.05) is 31.7 Å². The summed E-state index contributed by atoms with van der Waals surface area (Å²) >= 11 is 0. The van der Waals surface area contributed by atoms with Crippen molar-refractivity contribution < 1.29 is 23.8 Å². The largest absolute Gasteiger partial charge is 0.497 e. The third kappa shape index (κ3) is 3.39. The van der Waals surface area contributed by atoms with E-state index in [4.69, 9.17) is 4.74 Å². The van der Waals surface area contributed by atoms with Crippen LogP contribution in [0.2, 0.25) is 0 Å². The number of nitrogens with zero attached hydrogens (tertiary/aromatic N) is 3. The molecule has 3 saturated heterocycles. The zero-order valence-corrected chi connectivity index (χ0v) is 17.9. The molecule has 2 aromatic rings. The van der Waals surface area contributed by atoms with Gasteiger partial charge in [0.05, 0.1) is 25.8 Å². The minimum atomic E-state index is -0.867. The summed E-state index contributed by atoms with van der Waals surface area (Å²) < 4.78 is 19.5. The highest BCUT2D eigenvalue weighted by Crippen LogP contribution is 2.41.